The van der Waals surface area contributed by atoms with Gasteiger partial charge in [-0.3, -0.25) is 4.79 Å². The largest absolute Gasteiger partial charge is 0.497 e. The third-order valence-electron chi connectivity index (χ3n) is 4.24. The Morgan fingerprint density at radius 1 is 1.13 bits per heavy atom. The summed E-state index contributed by atoms with van der Waals surface area (Å²) in [5.41, 5.74) is 1.87. The second-order valence-electron chi connectivity index (χ2n) is 6.66. The highest BCUT2D eigenvalue weighted by atomic mass is 35.5. The van der Waals surface area contributed by atoms with Crippen LogP contribution in [0.1, 0.15) is 46.5 Å². The Kier molecular flexibility index (Phi) is 8.75. The van der Waals surface area contributed by atoms with Crippen molar-refractivity contribution in [3.63, 3.8) is 0 Å². The van der Waals surface area contributed by atoms with Crippen LogP contribution in [0, 0.1) is 0 Å². The molecule has 5 nitrogen and oxygen atoms in total. The van der Waals surface area contributed by atoms with Crippen LogP contribution in [0.25, 0.3) is 0 Å². The lowest BCUT2D eigenvalue weighted by molar-refractivity contribution is 0.0520. The van der Waals surface area contributed by atoms with Crippen molar-refractivity contribution >= 4 is 35.0 Å². The van der Waals surface area contributed by atoms with Crippen molar-refractivity contribution in [1.29, 1.82) is 0 Å². The summed E-state index contributed by atoms with van der Waals surface area (Å²) in [6.07, 6.45) is 0.525. The summed E-state index contributed by atoms with van der Waals surface area (Å²) in [6.45, 7) is 7.96. The van der Waals surface area contributed by atoms with Gasteiger partial charge in [-0.2, -0.15) is 0 Å². The van der Waals surface area contributed by atoms with E-state index in [1.54, 1.807) is 31.2 Å². The van der Waals surface area contributed by atoms with Crippen LogP contribution in [-0.4, -0.2) is 32.1 Å². The van der Waals surface area contributed by atoms with Crippen molar-refractivity contribution in [1.82, 2.24) is 0 Å². The minimum atomic E-state index is -0.574. The molecule has 2 rings (SSSR count). The molecular formula is C23H24Cl2O5. The second kappa shape index (κ2) is 11.0. The van der Waals surface area contributed by atoms with Gasteiger partial charge in [0, 0.05) is 29.5 Å². The topological polar surface area (TPSA) is 61.8 Å². The number of hydrogen-bond acceptors (Lipinski definition) is 5. The minimum absolute atomic E-state index is 0.0937. The van der Waals surface area contributed by atoms with E-state index in [9.17, 15) is 9.59 Å². The molecule has 0 aliphatic heterocycles. The van der Waals surface area contributed by atoms with E-state index in [4.69, 9.17) is 37.4 Å². The lowest BCUT2D eigenvalue weighted by atomic mass is 9.97. The molecule has 160 valence electrons. The van der Waals surface area contributed by atoms with E-state index in [0.717, 1.165) is 5.57 Å². The monoisotopic (exact) mass is 450 g/mol. The van der Waals surface area contributed by atoms with Gasteiger partial charge < -0.3 is 14.2 Å². The summed E-state index contributed by atoms with van der Waals surface area (Å²) in [5.74, 6) is -0.101. The highest BCUT2D eigenvalue weighted by molar-refractivity contribution is 6.36. The zero-order valence-electron chi connectivity index (χ0n) is 17.2. The molecule has 0 radical (unpaired) electrons. The molecule has 0 aromatic heterocycles. The normalized spacial score (nSPS) is 10.4. The van der Waals surface area contributed by atoms with E-state index < -0.39 is 5.97 Å². The number of benzene rings is 2. The zero-order chi connectivity index (χ0) is 22.3. The van der Waals surface area contributed by atoms with Crippen molar-refractivity contribution < 1.29 is 23.8 Å². The molecule has 0 aliphatic carbocycles. The molecule has 7 heteroatoms. The van der Waals surface area contributed by atoms with E-state index in [-0.39, 0.29) is 29.4 Å². The Bertz CT molecular complexity index is 953. The Morgan fingerprint density at radius 2 is 1.87 bits per heavy atom. The maximum Gasteiger partial charge on any atom is 0.342 e. The molecule has 0 saturated carbocycles. The lowest BCUT2D eigenvalue weighted by Gasteiger charge is -2.17. The Morgan fingerprint density at radius 3 is 2.47 bits per heavy atom. The van der Waals surface area contributed by atoms with Crippen LogP contribution >= 0.6 is 23.2 Å². The van der Waals surface area contributed by atoms with Crippen molar-refractivity contribution in [3.8, 4) is 11.5 Å². The lowest BCUT2D eigenvalue weighted by Crippen LogP contribution is -2.15. The molecule has 30 heavy (non-hydrogen) atoms. The molecule has 0 N–H and O–H groups in total. The van der Waals surface area contributed by atoms with Crippen LogP contribution in [0.3, 0.4) is 0 Å². The molecule has 0 bridgehead atoms. The first-order valence-electron chi connectivity index (χ1n) is 9.40. The highest BCUT2D eigenvalue weighted by Gasteiger charge is 2.24. The number of hydrogen-bond donors (Lipinski definition) is 0. The maximum absolute atomic E-state index is 12.9. The van der Waals surface area contributed by atoms with Gasteiger partial charge in [0.2, 0.25) is 0 Å². The molecule has 2 aromatic carbocycles. The third kappa shape index (κ3) is 6.25. The second-order valence-corrected chi connectivity index (χ2v) is 7.50. The molecule has 0 spiro atoms. The van der Waals surface area contributed by atoms with Gasteiger partial charge in [0.25, 0.3) is 0 Å². The molecule has 0 amide bonds. The molecule has 0 fully saturated rings. The number of esters is 1. The number of carbonyl (C=O) groups is 2. The predicted octanol–water partition coefficient (Wildman–Crippen LogP) is 5.95. The van der Waals surface area contributed by atoms with Crippen LogP contribution in [0.4, 0.5) is 0 Å². The number of ketones is 1. The van der Waals surface area contributed by atoms with Crippen LogP contribution in [0.2, 0.25) is 10.0 Å². The van der Waals surface area contributed by atoms with Crippen LogP contribution in [0.15, 0.2) is 42.5 Å². The van der Waals surface area contributed by atoms with Gasteiger partial charge in [0.1, 0.15) is 17.1 Å². The number of Topliss-reactive ketones (excluding diaryl/α,β-unsaturated/α-hetero) is 1. The summed E-state index contributed by atoms with van der Waals surface area (Å²) in [6, 6.07) is 7.87. The van der Waals surface area contributed by atoms with Gasteiger partial charge in [-0.05, 0) is 43.7 Å². The number of halogens is 2. The van der Waals surface area contributed by atoms with Gasteiger partial charge in [-0.25, -0.2) is 4.79 Å². The van der Waals surface area contributed by atoms with Gasteiger partial charge in [0.15, 0.2) is 5.78 Å². The van der Waals surface area contributed by atoms with Crippen LogP contribution in [0.5, 0.6) is 11.5 Å². The first-order valence-corrected chi connectivity index (χ1v) is 10.2. The minimum Gasteiger partial charge on any atom is -0.497 e. The van der Waals surface area contributed by atoms with Crippen molar-refractivity contribution in [2.24, 2.45) is 0 Å². The van der Waals surface area contributed by atoms with Crippen LogP contribution in [-0.2, 0) is 11.2 Å². The highest BCUT2D eigenvalue weighted by Crippen LogP contribution is 2.32. The summed E-state index contributed by atoms with van der Waals surface area (Å²) >= 11 is 12.1. The van der Waals surface area contributed by atoms with Gasteiger partial charge in [-0.15, -0.1) is 6.58 Å². The van der Waals surface area contributed by atoms with Crippen molar-refractivity contribution in [2.45, 2.75) is 26.7 Å². The third-order valence-corrected chi connectivity index (χ3v) is 4.79. The van der Waals surface area contributed by atoms with E-state index in [1.807, 2.05) is 6.92 Å². The first-order chi connectivity index (χ1) is 14.3. The number of rotatable bonds is 10. The summed E-state index contributed by atoms with van der Waals surface area (Å²) < 4.78 is 16.4. The molecule has 0 heterocycles. The molecule has 0 aliphatic rings. The average Bonchev–Trinajstić information content (AvgIpc) is 2.67. The maximum atomic E-state index is 12.9. The molecule has 0 unspecified atom stereocenters. The summed E-state index contributed by atoms with van der Waals surface area (Å²) in [7, 11) is 1.50. The Hall–Kier alpha value is -2.50. The van der Waals surface area contributed by atoms with E-state index in [0.29, 0.717) is 40.7 Å². The fourth-order valence-electron chi connectivity index (χ4n) is 2.77. The average molecular weight is 451 g/mol. The molecule has 0 atom stereocenters. The smallest absolute Gasteiger partial charge is 0.342 e. The SMILES string of the molecule is C=C(C)CCOc1cc(OC)cc(CC(=O)c2ccc(Cl)cc2Cl)c1C(=O)OCC. The number of methoxy groups -OCH3 is 1. The quantitative estimate of drug-likeness (QED) is 0.254. The zero-order valence-corrected chi connectivity index (χ0v) is 18.7. The van der Waals surface area contributed by atoms with Gasteiger partial charge >= 0.3 is 5.97 Å². The Labute approximate surface area is 186 Å². The molecule has 0 saturated heterocycles. The number of carbonyl (C=O) groups excluding carboxylic acids is 2. The molecule has 2 aromatic rings. The van der Waals surface area contributed by atoms with E-state index >= 15 is 0 Å². The standard InChI is InChI=1S/C23H24Cl2O5/c1-5-29-23(27)22-15(11-20(26)18-7-6-16(24)12-19(18)25)10-17(28-4)13-21(22)30-9-8-14(2)3/h6-7,10,12-13H,2,5,8-9,11H2,1,3-4H3. The fraction of sp³-hybridized carbons (Fsp3) is 0.304. The first kappa shape index (κ1) is 23.8. The summed E-state index contributed by atoms with van der Waals surface area (Å²) in [4.78, 5) is 25.6. The predicted molar refractivity (Wildman–Crippen MR) is 118 cm³/mol. The molecular weight excluding hydrogens is 427 g/mol. The number of ether oxygens (including phenoxy) is 3. The van der Waals surface area contributed by atoms with Crippen molar-refractivity contribution in [3.05, 3.63) is 69.2 Å². The fourth-order valence-corrected chi connectivity index (χ4v) is 3.28. The van der Waals surface area contributed by atoms with E-state index in [1.165, 1.54) is 13.2 Å². The van der Waals surface area contributed by atoms with E-state index in [2.05, 4.69) is 6.58 Å². The van der Waals surface area contributed by atoms with Crippen LogP contribution < -0.4 is 9.47 Å². The van der Waals surface area contributed by atoms with Gasteiger partial charge in [-0.1, -0.05) is 28.8 Å². The van der Waals surface area contributed by atoms with Gasteiger partial charge in [0.05, 0.1) is 25.3 Å². The Balaban J connectivity index is 2.47. The van der Waals surface area contributed by atoms with Crippen molar-refractivity contribution in [2.75, 3.05) is 20.3 Å². The summed E-state index contributed by atoms with van der Waals surface area (Å²) in [5, 5.41) is 0.671.